The zero-order chi connectivity index (χ0) is 14.7. The van der Waals surface area contributed by atoms with Gasteiger partial charge < -0.3 is 15.0 Å². The average Bonchev–Trinajstić information content (AvgIpc) is 2.52. The number of nitrogens with one attached hydrogen (secondary N) is 1. The Bertz CT molecular complexity index is 441. The monoisotopic (exact) mass is 280 g/mol. The van der Waals surface area contributed by atoms with Crippen LogP contribution in [0, 0.1) is 6.92 Å². The molecular formula is C15H28N4O. The Morgan fingerprint density at radius 3 is 2.90 bits per heavy atom. The van der Waals surface area contributed by atoms with E-state index in [4.69, 9.17) is 4.74 Å². The van der Waals surface area contributed by atoms with Gasteiger partial charge in [-0.2, -0.15) is 5.10 Å². The SMILES string of the molecule is Cc1nn(C)c(N2CCCOC(C)C2)c1CNC(C)C. The van der Waals surface area contributed by atoms with E-state index in [0.717, 1.165) is 38.4 Å². The number of anilines is 1. The molecule has 2 heterocycles. The molecule has 0 bridgehead atoms. The molecule has 1 unspecified atom stereocenters. The van der Waals surface area contributed by atoms with Crippen LogP contribution >= 0.6 is 0 Å². The van der Waals surface area contributed by atoms with E-state index in [1.54, 1.807) is 0 Å². The first-order chi connectivity index (χ1) is 9.49. The summed E-state index contributed by atoms with van der Waals surface area (Å²) in [6, 6.07) is 0.480. The number of hydrogen-bond donors (Lipinski definition) is 1. The molecule has 1 fully saturated rings. The van der Waals surface area contributed by atoms with Gasteiger partial charge in [0.05, 0.1) is 11.8 Å². The molecule has 5 nitrogen and oxygen atoms in total. The van der Waals surface area contributed by atoms with Gasteiger partial charge in [0.15, 0.2) is 0 Å². The normalized spacial score (nSPS) is 20.5. The van der Waals surface area contributed by atoms with Crippen molar-refractivity contribution in [3.05, 3.63) is 11.3 Å². The molecule has 1 aliphatic rings. The molecule has 1 atom stereocenters. The summed E-state index contributed by atoms with van der Waals surface area (Å²) in [5.74, 6) is 1.24. The van der Waals surface area contributed by atoms with Crippen molar-refractivity contribution >= 4 is 5.82 Å². The van der Waals surface area contributed by atoms with Crippen LogP contribution in [-0.2, 0) is 18.3 Å². The first kappa shape index (κ1) is 15.3. The van der Waals surface area contributed by atoms with Crippen molar-refractivity contribution in [3.8, 4) is 0 Å². The standard InChI is InChI=1S/C15H28N4O/c1-11(2)16-9-14-13(4)17-18(5)15(14)19-7-6-8-20-12(3)10-19/h11-12,16H,6-10H2,1-5H3. The second-order valence-corrected chi connectivity index (χ2v) is 6.03. The third kappa shape index (κ3) is 3.52. The fourth-order valence-electron chi connectivity index (χ4n) is 2.79. The van der Waals surface area contributed by atoms with Crippen LogP contribution in [0.5, 0.6) is 0 Å². The van der Waals surface area contributed by atoms with Crippen LogP contribution < -0.4 is 10.2 Å². The molecule has 1 saturated heterocycles. The molecule has 5 heteroatoms. The zero-order valence-corrected chi connectivity index (χ0v) is 13.4. The second-order valence-electron chi connectivity index (χ2n) is 6.03. The maximum atomic E-state index is 5.75. The summed E-state index contributed by atoms with van der Waals surface area (Å²) in [7, 11) is 2.04. The molecule has 0 saturated carbocycles. The van der Waals surface area contributed by atoms with E-state index in [2.05, 4.69) is 43.0 Å². The number of aromatic nitrogens is 2. The van der Waals surface area contributed by atoms with Crippen molar-refractivity contribution in [1.82, 2.24) is 15.1 Å². The predicted molar refractivity (Wildman–Crippen MR) is 82.2 cm³/mol. The lowest BCUT2D eigenvalue weighted by Gasteiger charge is -2.26. The minimum atomic E-state index is 0.276. The van der Waals surface area contributed by atoms with Crippen molar-refractivity contribution in [2.45, 2.75) is 52.8 Å². The first-order valence-corrected chi connectivity index (χ1v) is 7.61. The summed E-state index contributed by atoms with van der Waals surface area (Å²) >= 11 is 0. The summed E-state index contributed by atoms with van der Waals surface area (Å²) < 4.78 is 7.77. The topological polar surface area (TPSA) is 42.3 Å². The van der Waals surface area contributed by atoms with Gasteiger partial charge in [-0.3, -0.25) is 4.68 Å². The van der Waals surface area contributed by atoms with Crippen LogP contribution in [0.1, 0.15) is 38.4 Å². The fourth-order valence-corrected chi connectivity index (χ4v) is 2.79. The molecule has 0 radical (unpaired) electrons. The van der Waals surface area contributed by atoms with Gasteiger partial charge in [-0.05, 0) is 20.3 Å². The van der Waals surface area contributed by atoms with Gasteiger partial charge >= 0.3 is 0 Å². The highest BCUT2D eigenvalue weighted by atomic mass is 16.5. The minimum absolute atomic E-state index is 0.276. The smallest absolute Gasteiger partial charge is 0.131 e. The highest BCUT2D eigenvalue weighted by molar-refractivity contribution is 5.50. The molecule has 0 spiro atoms. The molecule has 0 aromatic carbocycles. The molecule has 114 valence electrons. The van der Waals surface area contributed by atoms with Gasteiger partial charge in [-0.15, -0.1) is 0 Å². The summed E-state index contributed by atoms with van der Waals surface area (Å²) in [5, 5.41) is 8.13. The Morgan fingerprint density at radius 1 is 1.45 bits per heavy atom. The van der Waals surface area contributed by atoms with Crippen LogP contribution in [-0.4, -0.2) is 41.6 Å². The minimum Gasteiger partial charge on any atom is -0.377 e. The van der Waals surface area contributed by atoms with E-state index >= 15 is 0 Å². The summed E-state index contributed by atoms with van der Waals surface area (Å²) in [5.41, 5.74) is 2.43. The van der Waals surface area contributed by atoms with Crippen LogP contribution in [0.3, 0.4) is 0 Å². The Morgan fingerprint density at radius 2 is 2.20 bits per heavy atom. The molecule has 1 aliphatic heterocycles. The van der Waals surface area contributed by atoms with Crippen LogP contribution in [0.4, 0.5) is 5.82 Å². The van der Waals surface area contributed by atoms with E-state index in [1.165, 1.54) is 11.4 Å². The molecule has 1 aromatic heterocycles. The van der Waals surface area contributed by atoms with Gasteiger partial charge in [0.1, 0.15) is 5.82 Å². The number of aryl methyl sites for hydroxylation is 2. The van der Waals surface area contributed by atoms with Gasteiger partial charge in [0.2, 0.25) is 0 Å². The number of ether oxygens (including phenoxy) is 1. The number of rotatable bonds is 4. The summed E-state index contributed by atoms with van der Waals surface area (Å²) in [4.78, 5) is 2.43. The van der Waals surface area contributed by atoms with Gasteiger partial charge in [-0.1, -0.05) is 13.8 Å². The molecule has 1 N–H and O–H groups in total. The molecular weight excluding hydrogens is 252 g/mol. The predicted octanol–water partition coefficient (Wildman–Crippen LogP) is 1.84. The van der Waals surface area contributed by atoms with Crippen molar-refractivity contribution in [2.75, 3.05) is 24.6 Å². The van der Waals surface area contributed by atoms with E-state index in [0.29, 0.717) is 6.04 Å². The first-order valence-electron chi connectivity index (χ1n) is 7.61. The lowest BCUT2D eigenvalue weighted by Crippen LogP contribution is -2.33. The molecule has 20 heavy (non-hydrogen) atoms. The number of hydrogen-bond acceptors (Lipinski definition) is 4. The Labute approximate surface area is 122 Å². The molecule has 1 aromatic rings. The average molecular weight is 280 g/mol. The van der Waals surface area contributed by atoms with Gasteiger partial charge in [0.25, 0.3) is 0 Å². The fraction of sp³-hybridized carbons (Fsp3) is 0.800. The molecule has 0 aliphatic carbocycles. The van der Waals surface area contributed by atoms with Crippen LogP contribution in [0.15, 0.2) is 0 Å². The van der Waals surface area contributed by atoms with E-state index in [-0.39, 0.29) is 6.10 Å². The zero-order valence-electron chi connectivity index (χ0n) is 13.4. The summed E-state index contributed by atoms with van der Waals surface area (Å²) in [6.07, 6.45) is 1.35. The third-order valence-corrected chi connectivity index (χ3v) is 3.75. The maximum Gasteiger partial charge on any atom is 0.131 e. The quantitative estimate of drug-likeness (QED) is 0.914. The summed E-state index contributed by atoms with van der Waals surface area (Å²) in [6.45, 7) is 12.3. The van der Waals surface area contributed by atoms with Crippen molar-refractivity contribution < 1.29 is 4.74 Å². The Kier molecular flexibility index (Phi) is 5.05. The van der Waals surface area contributed by atoms with E-state index < -0.39 is 0 Å². The molecule has 2 rings (SSSR count). The Hall–Kier alpha value is -1.07. The molecule has 0 amide bonds. The van der Waals surface area contributed by atoms with Crippen LogP contribution in [0.2, 0.25) is 0 Å². The number of nitrogens with zero attached hydrogens (tertiary/aromatic N) is 3. The maximum absolute atomic E-state index is 5.75. The van der Waals surface area contributed by atoms with E-state index in [1.807, 2.05) is 11.7 Å². The van der Waals surface area contributed by atoms with Gasteiger partial charge in [-0.25, -0.2) is 0 Å². The second kappa shape index (κ2) is 6.59. The lowest BCUT2D eigenvalue weighted by molar-refractivity contribution is 0.0820. The highest BCUT2D eigenvalue weighted by Crippen LogP contribution is 2.25. The van der Waals surface area contributed by atoms with Crippen molar-refractivity contribution in [1.29, 1.82) is 0 Å². The van der Waals surface area contributed by atoms with Crippen molar-refractivity contribution in [3.63, 3.8) is 0 Å². The Balaban J connectivity index is 2.24. The van der Waals surface area contributed by atoms with E-state index in [9.17, 15) is 0 Å². The largest absolute Gasteiger partial charge is 0.377 e. The lowest BCUT2D eigenvalue weighted by atomic mass is 10.2. The van der Waals surface area contributed by atoms with Crippen LogP contribution in [0.25, 0.3) is 0 Å². The van der Waals surface area contributed by atoms with Crippen molar-refractivity contribution in [2.24, 2.45) is 7.05 Å². The van der Waals surface area contributed by atoms with Gasteiger partial charge in [0, 0.05) is 44.9 Å². The highest BCUT2D eigenvalue weighted by Gasteiger charge is 2.22. The third-order valence-electron chi connectivity index (χ3n) is 3.75.